The molecule has 1 heterocycles. The number of phenolic OH excluding ortho intramolecular Hbond substituents is 1. The molecule has 0 amide bonds. The fourth-order valence-electron chi connectivity index (χ4n) is 4.80. The number of hydrogen-bond donors (Lipinski definition) is 1. The van der Waals surface area contributed by atoms with Crippen LogP contribution in [-0.4, -0.2) is 45.9 Å². The van der Waals surface area contributed by atoms with E-state index >= 15 is 0 Å². The molecule has 3 aromatic carbocycles. The van der Waals surface area contributed by atoms with Crippen LogP contribution in [0.15, 0.2) is 72.8 Å². The van der Waals surface area contributed by atoms with Crippen molar-refractivity contribution in [3.05, 3.63) is 101 Å². The second kappa shape index (κ2) is 9.86. The second-order valence-corrected chi connectivity index (χ2v) is 9.13. The first-order valence-corrected chi connectivity index (χ1v) is 11.5. The molecule has 5 heteroatoms. The van der Waals surface area contributed by atoms with Crippen LogP contribution in [0.4, 0.5) is 4.39 Å². The summed E-state index contributed by atoms with van der Waals surface area (Å²) >= 11 is 0. The molecule has 0 bridgehead atoms. The van der Waals surface area contributed by atoms with Gasteiger partial charge in [0.05, 0.1) is 6.04 Å². The number of piperazine rings is 1. The fraction of sp³-hybridized carbons (Fsp3) is 0.321. The van der Waals surface area contributed by atoms with Gasteiger partial charge in [-0.15, -0.1) is 0 Å². The zero-order valence-corrected chi connectivity index (χ0v) is 19.4. The summed E-state index contributed by atoms with van der Waals surface area (Å²) in [4.78, 5) is 16.7. The van der Waals surface area contributed by atoms with Gasteiger partial charge in [0.15, 0.2) is 5.78 Å². The molecule has 1 aliphatic rings. The molecular weight excluding hydrogens is 415 g/mol. The first kappa shape index (κ1) is 23.1. The number of benzene rings is 3. The molecule has 0 saturated carbocycles. The third-order valence-electron chi connectivity index (χ3n) is 6.61. The van der Waals surface area contributed by atoms with Gasteiger partial charge in [-0.05, 0) is 61.7 Å². The van der Waals surface area contributed by atoms with E-state index in [1.54, 1.807) is 13.0 Å². The van der Waals surface area contributed by atoms with Crippen LogP contribution in [0.1, 0.15) is 53.9 Å². The quantitative estimate of drug-likeness (QED) is 0.514. The molecule has 0 unspecified atom stereocenters. The summed E-state index contributed by atoms with van der Waals surface area (Å²) in [6.45, 7) is 8.52. The molecule has 4 nitrogen and oxygen atoms in total. The number of hydrogen-bond acceptors (Lipinski definition) is 4. The lowest BCUT2D eigenvalue weighted by Gasteiger charge is -2.47. The monoisotopic (exact) mass is 446 g/mol. The number of phenols is 1. The molecule has 1 N–H and O–H groups in total. The van der Waals surface area contributed by atoms with Gasteiger partial charge in [-0.2, -0.15) is 0 Å². The fourth-order valence-corrected chi connectivity index (χ4v) is 4.80. The zero-order chi connectivity index (χ0) is 23.5. The molecular formula is C28H31FN2O2. The highest BCUT2D eigenvalue weighted by Gasteiger charge is 2.35. The molecule has 4 rings (SSSR count). The summed E-state index contributed by atoms with van der Waals surface area (Å²) in [7, 11) is 0. The number of rotatable bonds is 6. The predicted octanol–water partition coefficient (Wildman–Crippen LogP) is 5.42. The van der Waals surface area contributed by atoms with E-state index < -0.39 is 0 Å². The summed E-state index contributed by atoms with van der Waals surface area (Å²) in [6.07, 6.45) is 0. The topological polar surface area (TPSA) is 43.8 Å². The largest absolute Gasteiger partial charge is 0.508 e. The van der Waals surface area contributed by atoms with E-state index in [9.17, 15) is 14.3 Å². The van der Waals surface area contributed by atoms with E-state index in [0.29, 0.717) is 11.6 Å². The van der Waals surface area contributed by atoms with Gasteiger partial charge in [-0.1, -0.05) is 48.5 Å². The number of nitrogens with zero attached hydrogens (tertiary/aromatic N) is 2. The number of carbonyl (C=O) groups excluding carboxylic acids is 1. The van der Waals surface area contributed by atoms with Crippen molar-refractivity contribution in [3.63, 3.8) is 0 Å². The highest BCUT2D eigenvalue weighted by molar-refractivity contribution is 5.94. The molecule has 0 radical (unpaired) electrons. The number of ketones is 1. The normalized spacial score (nSPS) is 20.5. The number of aromatic hydroxyl groups is 1. The Morgan fingerprint density at radius 2 is 1.67 bits per heavy atom. The summed E-state index contributed by atoms with van der Waals surface area (Å²) < 4.78 is 13.3. The molecule has 3 atom stereocenters. The Bertz CT molecular complexity index is 1100. The molecule has 0 aliphatic carbocycles. The average Bonchev–Trinajstić information content (AvgIpc) is 2.79. The van der Waals surface area contributed by atoms with Gasteiger partial charge in [-0.3, -0.25) is 14.6 Å². The first-order chi connectivity index (χ1) is 15.8. The molecule has 0 spiro atoms. The maximum Gasteiger partial charge on any atom is 0.159 e. The van der Waals surface area contributed by atoms with Crippen LogP contribution >= 0.6 is 0 Å². The van der Waals surface area contributed by atoms with Gasteiger partial charge >= 0.3 is 0 Å². The lowest BCUT2D eigenvalue weighted by atomic mass is 9.92. The number of Topliss-reactive ketones (excluding diaryl/α,β-unsaturated/α-hetero) is 1. The van der Waals surface area contributed by atoms with Crippen LogP contribution in [0.5, 0.6) is 5.75 Å². The van der Waals surface area contributed by atoms with E-state index in [4.69, 9.17) is 0 Å². The van der Waals surface area contributed by atoms with Crippen LogP contribution in [0, 0.1) is 5.82 Å². The van der Waals surface area contributed by atoms with Crippen molar-refractivity contribution < 1.29 is 14.3 Å². The van der Waals surface area contributed by atoms with E-state index in [0.717, 1.165) is 36.3 Å². The lowest BCUT2D eigenvalue weighted by Crippen LogP contribution is -2.56. The third kappa shape index (κ3) is 5.32. The highest BCUT2D eigenvalue weighted by Crippen LogP contribution is 2.35. The molecule has 1 aliphatic heterocycles. The summed E-state index contributed by atoms with van der Waals surface area (Å²) in [5.74, 6) is 0.0788. The first-order valence-electron chi connectivity index (χ1n) is 11.5. The van der Waals surface area contributed by atoms with Crippen molar-refractivity contribution in [1.29, 1.82) is 0 Å². The van der Waals surface area contributed by atoms with E-state index in [1.165, 1.54) is 12.1 Å². The van der Waals surface area contributed by atoms with Crippen molar-refractivity contribution >= 4 is 5.78 Å². The van der Waals surface area contributed by atoms with Crippen molar-refractivity contribution in [3.8, 4) is 5.75 Å². The minimum atomic E-state index is -0.213. The molecule has 1 saturated heterocycles. The second-order valence-electron chi connectivity index (χ2n) is 9.13. The van der Waals surface area contributed by atoms with E-state index in [1.807, 2.05) is 54.6 Å². The smallest absolute Gasteiger partial charge is 0.159 e. The summed E-state index contributed by atoms with van der Waals surface area (Å²) in [5.41, 5.74) is 3.92. The number of halogens is 1. The van der Waals surface area contributed by atoms with Crippen LogP contribution < -0.4 is 0 Å². The van der Waals surface area contributed by atoms with Crippen molar-refractivity contribution in [1.82, 2.24) is 9.80 Å². The Hall–Kier alpha value is -3.02. The van der Waals surface area contributed by atoms with Crippen LogP contribution in [0.2, 0.25) is 0 Å². The molecule has 1 fully saturated rings. The SMILES string of the molecule is CC(=O)c1ccc([C@H](c2cccc(O)c2)N2C[C@@H](C)N(Cc3ccc(F)cc3)C[C@@H]2C)cc1. The standard InChI is InChI=1S/C28H31FN2O2/c1-19-17-31(20(2)16-30(19)18-22-7-13-26(29)14-8-22)28(25-5-4-6-27(33)15-25)24-11-9-23(10-12-24)21(3)32/h4-15,19-20,28,33H,16-18H2,1-3H3/t19-,20+,28-/m1/s1. The maximum atomic E-state index is 13.3. The van der Waals surface area contributed by atoms with E-state index in [2.05, 4.69) is 23.6 Å². The molecule has 33 heavy (non-hydrogen) atoms. The van der Waals surface area contributed by atoms with Crippen LogP contribution in [0.3, 0.4) is 0 Å². The molecule has 3 aromatic rings. The predicted molar refractivity (Wildman–Crippen MR) is 129 cm³/mol. The van der Waals surface area contributed by atoms with Gasteiger partial charge < -0.3 is 5.11 Å². The van der Waals surface area contributed by atoms with Gasteiger partial charge in [0, 0.05) is 37.3 Å². The summed E-state index contributed by atoms with van der Waals surface area (Å²) in [6, 6.07) is 22.5. The van der Waals surface area contributed by atoms with E-state index in [-0.39, 0.29) is 29.4 Å². The Morgan fingerprint density at radius 3 is 2.30 bits per heavy atom. The Balaban J connectivity index is 1.61. The van der Waals surface area contributed by atoms with Crippen LogP contribution in [-0.2, 0) is 6.54 Å². The summed E-state index contributed by atoms with van der Waals surface area (Å²) in [5, 5.41) is 10.2. The van der Waals surface area contributed by atoms with Crippen LogP contribution in [0.25, 0.3) is 0 Å². The van der Waals surface area contributed by atoms with Gasteiger partial charge in [0.25, 0.3) is 0 Å². The third-order valence-corrected chi connectivity index (χ3v) is 6.61. The van der Waals surface area contributed by atoms with Gasteiger partial charge in [0.2, 0.25) is 0 Å². The minimum Gasteiger partial charge on any atom is -0.508 e. The average molecular weight is 447 g/mol. The van der Waals surface area contributed by atoms with Crippen molar-refractivity contribution in [2.45, 2.75) is 45.4 Å². The molecule has 0 aromatic heterocycles. The van der Waals surface area contributed by atoms with Crippen molar-refractivity contribution in [2.24, 2.45) is 0 Å². The Labute approximate surface area is 195 Å². The minimum absolute atomic E-state index is 0.0384. The zero-order valence-electron chi connectivity index (χ0n) is 19.4. The molecule has 172 valence electrons. The number of carbonyl (C=O) groups is 1. The van der Waals surface area contributed by atoms with Crippen molar-refractivity contribution in [2.75, 3.05) is 13.1 Å². The highest BCUT2D eigenvalue weighted by atomic mass is 19.1. The van der Waals surface area contributed by atoms with Gasteiger partial charge in [0.1, 0.15) is 11.6 Å². The van der Waals surface area contributed by atoms with Gasteiger partial charge in [-0.25, -0.2) is 4.39 Å². The maximum absolute atomic E-state index is 13.3. The Morgan fingerprint density at radius 1 is 0.970 bits per heavy atom. The lowest BCUT2D eigenvalue weighted by molar-refractivity contribution is 0.0195. The Kier molecular flexibility index (Phi) is 6.91.